The lowest BCUT2D eigenvalue weighted by molar-refractivity contribution is 0.0701. The summed E-state index contributed by atoms with van der Waals surface area (Å²) in [5.74, 6) is 0.615. The first-order chi connectivity index (χ1) is 11.1. The van der Waals surface area contributed by atoms with Crippen molar-refractivity contribution in [2.75, 3.05) is 25.0 Å². The Kier molecular flexibility index (Phi) is 4.56. The van der Waals surface area contributed by atoms with Gasteiger partial charge in [0.15, 0.2) is 6.33 Å². The zero-order valence-corrected chi connectivity index (χ0v) is 13.3. The fraction of sp³-hybridized carbons (Fsp3) is 0.462. The summed E-state index contributed by atoms with van der Waals surface area (Å²) in [4.78, 5) is 34.0. The fourth-order valence-electron chi connectivity index (χ4n) is 2.47. The molecule has 0 aromatic carbocycles. The maximum Gasteiger partial charge on any atom is 0.435 e. The van der Waals surface area contributed by atoms with E-state index in [2.05, 4.69) is 25.0 Å². The highest BCUT2D eigenvalue weighted by Crippen LogP contribution is 2.20. The van der Waals surface area contributed by atoms with Crippen LogP contribution in [-0.4, -0.2) is 62.1 Å². The molecule has 1 amide bonds. The van der Waals surface area contributed by atoms with Crippen LogP contribution >= 0.6 is 11.6 Å². The Bertz CT molecular complexity index is 658. The van der Waals surface area contributed by atoms with Crippen LogP contribution in [0.2, 0.25) is 5.15 Å². The predicted octanol–water partition coefficient (Wildman–Crippen LogP) is 0.871. The van der Waals surface area contributed by atoms with Crippen LogP contribution in [0.4, 0.5) is 10.7 Å². The van der Waals surface area contributed by atoms with E-state index in [1.165, 1.54) is 12.7 Å². The van der Waals surface area contributed by atoms with Crippen molar-refractivity contribution < 1.29 is 9.63 Å². The quantitative estimate of drug-likeness (QED) is 0.768. The lowest BCUT2D eigenvalue weighted by atomic mass is 10.0. The summed E-state index contributed by atoms with van der Waals surface area (Å²) >= 11 is 5.89. The van der Waals surface area contributed by atoms with Gasteiger partial charge in [0.25, 0.3) is 0 Å². The third-order valence-corrected chi connectivity index (χ3v) is 3.97. The molecule has 9 nitrogen and oxygen atoms in total. The molecule has 3 rings (SSSR count). The van der Waals surface area contributed by atoms with Crippen molar-refractivity contribution in [3.05, 3.63) is 30.1 Å². The Morgan fingerprint density at radius 3 is 2.87 bits per heavy atom. The lowest BCUT2D eigenvalue weighted by Crippen LogP contribution is -2.48. The van der Waals surface area contributed by atoms with E-state index in [-0.39, 0.29) is 6.04 Å². The standard InChI is InChI=1S/C13H16ClN7O2/c1-19(13(22)23-21-9-15-8-17-21)10-3-6-20(7-4-10)12-16-5-2-11(14)18-12/h2,5,8-10H,3-4,6-7H2,1H3. The first kappa shape index (κ1) is 15.5. The number of piperidine rings is 1. The number of nitrogens with zero attached hydrogens (tertiary/aromatic N) is 7. The number of rotatable bonds is 3. The maximum absolute atomic E-state index is 12.1. The van der Waals surface area contributed by atoms with Crippen LogP contribution in [0.25, 0.3) is 0 Å². The minimum atomic E-state index is -0.465. The van der Waals surface area contributed by atoms with Gasteiger partial charge in [-0.15, -0.1) is 5.10 Å². The molecule has 0 atom stereocenters. The number of carbonyl (C=O) groups is 1. The third-order valence-electron chi connectivity index (χ3n) is 3.76. The minimum absolute atomic E-state index is 0.0847. The van der Waals surface area contributed by atoms with Gasteiger partial charge >= 0.3 is 6.09 Å². The number of hydrogen-bond acceptors (Lipinski definition) is 7. The molecule has 10 heteroatoms. The first-order valence-corrected chi connectivity index (χ1v) is 7.54. The van der Waals surface area contributed by atoms with E-state index in [1.807, 2.05) is 0 Å². The summed E-state index contributed by atoms with van der Waals surface area (Å²) < 4.78 is 0. The van der Waals surface area contributed by atoms with Gasteiger partial charge in [-0.2, -0.15) is 0 Å². The normalized spacial score (nSPS) is 15.5. The zero-order chi connectivity index (χ0) is 16.2. The van der Waals surface area contributed by atoms with Gasteiger partial charge in [-0.1, -0.05) is 16.4 Å². The van der Waals surface area contributed by atoms with Crippen molar-refractivity contribution in [3.8, 4) is 0 Å². The Balaban J connectivity index is 1.54. The Labute approximate surface area is 137 Å². The summed E-state index contributed by atoms with van der Waals surface area (Å²) in [5.41, 5.74) is 0. The number of aromatic nitrogens is 5. The molecule has 122 valence electrons. The third kappa shape index (κ3) is 3.67. The van der Waals surface area contributed by atoms with Crippen molar-refractivity contribution in [1.82, 2.24) is 29.8 Å². The van der Waals surface area contributed by atoms with Gasteiger partial charge in [0.2, 0.25) is 5.95 Å². The molecule has 0 saturated carbocycles. The molecule has 1 aliphatic rings. The smallest absolute Gasteiger partial charge is 0.341 e. The van der Waals surface area contributed by atoms with E-state index in [9.17, 15) is 4.79 Å². The molecule has 1 aliphatic heterocycles. The average molecular weight is 338 g/mol. The van der Waals surface area contributed by atoms with Gasteiger partial charge in [0.1, 0.15) is 11.5 Å². The molecule has 23 heavy (non-hydrogen) atoms. The topological polar surface area (TPSA) is 89.3 Å². The van der Waals surface area contributed by atoms with E-state index >= 15 is 0 Å². The molecular weight excluding hydrogens is 322 g/mol. The summed E-state index contributed by atoms with van der Waals surface area (Å²) in [7, 11) is 1.72. The second kappa shape index (κ2) is 6.78. The van der Waals surface area contributed by atoms with Gasteiger partial charge < -0.3 is 9.80 Å². The average Bonchev–Trinajstić information content (AvgIpc) is 3.07. The largest absolute Gasteiger partial charge is 0.435 e. The first-order valence-electron chi connectivity index (χ1n) is 7.17. The van der Waals surface area contributed by atoms with Crippen LogP contribution in [0, 0.1) is 0 Å². The number of amides is 1. The maximum atomic E-state index is 12.1. The molecule has 3 heterocycles. The molecule has 2 aromatic heterocycles. The molecular formula is C13H16ClN7O2. The summed E-state index contributed by atoms with van der Waals surface area (Å²) in [6.45, 7) is 1.48. The molecule has 1 saturated heterocycles. The molecule has 0 N–H and O–H groups in total. The molecule has 1 fully saturated rings. The van der Waals surface area contributed by atoms with E-state index in [4.69, 9.17) is 16.4 Å². The lowest BCUT2D eigenvalue weighted by Gasteiger charge is -2.35. The highest BCUT2D eigenvalue weighted by Gasteiger charge is 2.27. The zero-order valence-electron chi connectivity index (χ0n) is 12.5. The second-order valence-corrected chi connectivity index (χ2v) is 5.55. The SMILES string of the molecule is CN(C(=O)On1cncn1)C1CCN(c2nccc(Cl)n2)CC1. The molecule has 0 spiro atoms. The van der Waals surface area contributed by atoms with Gasteiger partial charge in [0.05, 0.1) is 0 Å². The van der Waals surface area contributed by atoms with E-state index in [1.54, 1.807) is 24.2 Å². The van der Waals surface area contributed by atoms with Gasteiger partial charge in [-0.05, 0) is 18.9 Å². The highest BCUT2D eigenvalue weighted by atomic mass is 35.5. The number of halogens is 1. The van der Waals surface area contributed by atoms with Crippen LogP contribution < -0.4 is 9.74 Å². The van der Waals surface area contributed by atoms with Crippen molar-refractivity contribution in [2.45, 2.75) is 18.9 Å². The van der Waals surface area contributed by atoms with E-state index in [0.717, 1.165) is 30.8 Å². The molecule has 0 unspecified atom stereocenters. The van der Waals surface area contributed by atoms with Gasteiger partial charge in [0, 0.05) is 32.4 Å². The molecule has 0 bridgehead atoms. The van der Waals surface area contributed by atoms with Crippen LogP contribution in [0.1, 0.15) is 12.8 Å². The van der Waals surface area contributed by atoms with Gasteiger partial charge in [-0.3, -0.25) is 4.84 Å². The molecule has 0 radical (unpaired) electrons. The van der Waals surface area contributed by atoms with Crippen LogP contribution in [0.15, 0.2) is 24.9 Å². The number of hydrogen-bond donors (Lipinski definition) is 0. The van der Waals surface area contributed by atoms with E-state index in [0.29, 0.717) is 11.1 Å². The summed E-state index contributed by atoms with van der Waals surface area (Å²) in [6, 6.07) is 1.73. The number of carbonyl (C=O) groups excluding carboxylic acids is 1. The molecule has 0 aliphatic carbocycles. The van der Waals surface area contributed by atoms with Crippen molar-refractivity contribution in [1.29, 1.82) is 0 Å². The monoisotopic (exact) mass is 337 g/mol. The van der Waals surface area contributed by atoms with E-state index < -0.39 is 6.09 Å². The Morgan fingerprint density at radius 1 is 1.43 bits per heavy atom. The Morgan fingerprint density at radius 2 is 2.22 bits per heavy atom. The fourth-order valence-corrected chi connectivity index (χ4v) is 2.60. The predicted molar refractivity (Wildman–Crippen MR) is 82.0 cm³/mol. The van der Waals surface area contributed by atoms with Crippen molar-refractivity contribution in [3.63, 3.8) is 0 Å². The minimum Gasteiger partial charge on any atom is -0.341 e. The van der Waals surface area contributed by atoms with Crippen LogP contribution in [0.5, 0.6) is 0 Å². The van der Waals surface area contributed by atoms with Crippen molar-refractivity contribution in [2.24, 2.45) is 0 Å². The van der Waals surface area contributed by atoms with Gasteiger partial charge in [-0.25, -0.2) is 19.7 Å². The summed E-state index contributed by atoms with van der Waals surface area (Å²) in [5, 5.41) is 4.16. The second-order valence-electron chi connectivity index (χ2n) is 5.16. The molecule has 2 aromatic rings. The highest BCUT2D eigenvalue weighted by molar-refractivity contribution is 6.29. The van der Waals surface area contributed by atoms with Crippen molar-refractivity contribution >= 4 is 23.6 Å². The van der Waals surface area contributed by atoms with Crippen LogP contribution in [0.3, 0.4) is 0 Å². The van der Waals surface area contributed by atoms with Crippen LogP contribution in [-0.2, 0) is 0 Å². The summed E-state index contributed by atoms with van der Waals surface area (Å²) in [6.07, 6.45) is 5.38. The Hall–Kier alpha value is -2.42. The number of anilines is 1.